The number of benzene rings is 1. The number of nitriles is 1. The highest BCUT2D eigenvalue weighted by molar-refractivity contribution is 7.10. The summed E-state index contributed by atoms with van der Waals surface area (Å²) in [7, 11) is 1.82. The molecule has 2 N–H and O–H groups in total. The van der Waals surface area contributed by atoms with Crippen LogP contribution in [0.4, 0.5) is 15.2 Å². The van der Waals surface area contributed by atoms with E-state index >= 15 is 0 Å². The fourth-order valence-corrected chi connectivity index (χ4v) is 2.36. The fourth-order valence-electron chi connectivity index (χ4n) is 1.64. The molecule has 0 saturated carbocycles. The minimum Gasteiger partial charge on any atom is -0.382 e. The first-order chi connectivity index (χ1) is 8.61. The van der Waals surface area contributed by atoms with Gasteiger partial charge in [-0.2, -0.15) is 9.64 Å². The molecule has 0 aliphatic carbocycles. The zero-order valence-corrected chi connectivity index (χ0v) is 10.5. The lowest BCUT2D eigenvalue weighted by molar-refractivity contribution is 0.625. The summed E-state index contributed by atoms with van der Waals surface area (Å²) in [6, 6.07) is 8.38. The van der Waals surface area contributed by atoms with Crippen LogP contribution in [0.15, 0.2) is 24.3 Å². The highest BCUT2D eigenvalue weighted by Gasteiger charge is 2.15. The third-order valence-electron chi connectivity index (χ3n) is 2.47. The van der Waals surface area contributed by atoms with Gasteiger partial charge in [0.05, 0.1) is 0 Å². The molecule has 0 spiro atoms. The molecule has 0 saturated heterocycles. The maximum Gasteiger partial charge on any atom is 0.157 e. The number of hydrogen-bond donors (Lipinski definition) is 1. The predicted molar refractivity (Wildman–Crippen MR) is 69.7 cm³/mol. The predicted octanol–water partition coefficient (Wildman–Crippen LogP) is 2.37. The molecule has 0 bridgehead atoms. The topological polar surface area (TPSA) is 65.9 Å². The number of nitrogens with zero attached hydrogens (tertiary/aromatic N) is 3. The Bertz CT molecular complexity index is 602. The van der Waals surface area contributed by atoms with Crippen LogP contribution in [0.3, 0.4) is 0 Å². The molecule has 18 heavy (non-hydrogen) atoms. The quantitative estimate of drug-likeness (QED) is 0.922. The van der Waals surface area contributed by atoms with Gasteiger partial charge in [0.2, 0.25) is 0 Å². The Morgan fingerprint density at radius 1 is 1.56 bits per heavy atom. The average Bonchev–Trinajstić information content (AvgIpc) is 2.70. The van der Waals surface area contributed by atoms with Crippen molar-refractivity contribution in [1.29, 1.82) is 5.26 Å². The van der Waals surface area contributed by atoms with Crippen molar-refractivity contribution >= 4 is 22.4 Å². The molecular weight excluding hydrogens is 251 g/mol. The van der Waals surface area contributed by atoms with Crippen molar-refractivity contribution in [2.75, 3.05) is 17.7 Å². The summed E-state index contributed by atoms with van der Waals surface area (Å²) in [6.45, 7) is 0.494. The Labute approximate surface area is 108 Å². The Hall–Kier alpha value is -2.13. The van der Waals surface area contributed by atoms with Crippen LogP contribution in [-0.4, -0.2) is 11.4 Å². The van der Waals surface area contributed by atoms with Crippen molar-refractivity contribution in [2.45, 2.75) is 6.54 Å². The third kappa shape index (κ3) is 2.41. The number of aromatic nitrogens is 1. The molecule has 0 unspecified atom stereocenters. The van der Waals surface area contributed by atoms with Gasteiger partial charge in [0, 0.05) is 13.6 Å². The lowest BCUT2D eigenvalue weighted by Gasteiger charge is -2.17. The maximum atomic E-state index is 13.1. The second kappa shape index (κ2) is 5.02. The minimum absolute atomic E-state index is 0.239. The second-order valence-electron chi connectivity index (χ2n) is 3.85. The highest BCUT2D eigenvalue weighted by atomic mass is 32.1. The molecule has 2 rings (SSSR count). The van der Waals surface area contributed by atoms with Gasteiger partial charge in [0.25, 0.3) is 0 Å². The summed E-state index contributed by atoms with van der Waals surface area (Å²) in [5, 5.41) is 9.69. The zero-order chi connectivity index (χ0) is 13.1. The summed E-state index contributed by atoms with van der Waals surface area (Å²) in [6.07, 6.45) is 0. The van der Waals surface area contributed by atoms with Crippen LogP contribution in [0.1, 0.15) is 11.1 Å². The van der Waals surface area contributed by atoms with Gasteiger partial charge in [-0.25, -0.2) is 4.39 Å². The molecule has 1 heterocycles. The van der Waals surface area contributed by atoms with Crippen LogP contribution in [0, 0.1) is 17.1 Å². The van der Waals surface area contributed by atoms with Crippen molar-refractivity contribution in [3.8, 4) is 6.07 Å². The summed E-state index contributed by atoms with van der Waals surface area (Å²) in [4.78, 5) is 1.83. The molecule has 0 radical (unpaired) electrons. The van der Waals surface area contributed by atoms with Crippen molar-refractivity contribution in [1.82, 2.24) is 4.37 Å². The first kappa shape index (κ1) is 12.3. The van der Waals surface area contributed by atoms with Crippen molar-refractivity contribution in [2.24, 2.45) is 0 Å². The minimum atomic E-state index is -0.273. The second-order valence-corrected chi connectivity index (χ2v) is 4.60. The van der Waals surface area contributed by atoms with Crippen LogP contribution in [0.25, 0.3) is 0 Å². The fraction of sp³-hybridized carbons (Fsp3) is 0.167. The Balaban J connectivity index is 2.22. The molecule has 1 aromatic carbocycles. The van der Waals surface area contributed by atoms with Crippen LogP contribution < -0.4 is 10.6 Å². The van der Waals surface area contributed by atoms with E-state index in [9.17, 15) is 4.39 Å². The standard InChI is InChI=1S/C12H11FN4S/c1-17(7-8-3-2-4-9(13)5-8)12-10(6-14)11(15)16-18-12/h2-5H,7H2,1H3,(H2,15,16). The van der Waals surface area contributed by atoms with Gasteiger partial charge in [-0.05, 0) is 29.2 Å². The Morgan fingerprint density at radius 2 is 2.33 bits per heavy atom. The molecular formula is C12H11FN4S. The lowest BCUT2D eigenvalue weighted by atomic mass is 10.2. The molecule has 6 heteroatoms. The SMILES string of the molecule is CN(Cc1cccc(F)c1)c1snc(N)c1C#N. The molecule has 0 amide bonds. The van der Waals surface area contributed by atoms with Gasteiger partial charge < -0.3 is 10.6 Å². The highest BCUT2D eigenvalue weighted by Crippen LogP contribution is 2.29. The van der Waals surface area contributed by atoms with Crippen LogP contribution in [-0.2, 0) is 6.54 Å². The number of hydrogen-bond acceptors (Lipinski definition) is 5. The summed E-state index contributed by atoms with van der Waals surface area (Å²) in [5.74, 6) is -0.0335. The summed E-state index contributed by atoms with van der Waals surface area (Å²) < 4.78 is 17.0. The molecule has 0 fully saturated rings. The number of anilines is 2. The number of rotatable bonds is 3. The van der Waals surface area contributed by atoms with E-state index in [0.717, 1.165) is 5.56 Å². The number of halogens is 1. The largest absolute Gasteiger partial charge is 0.382 e. The lowest BCUT2D eigenvalue weighted by Crippen LogP contribution is -2.16. The van der Waals surface area contributed by atoms with Gasteiger partial charge in [-0.3, -0.25) is 0 Å². The van der Waals surface area contributed by atoms with Gasteiger partial charge in [-0.15, -0.1) is 0 Å². The maximum absolute atomic E-state index is 13.1. The van der Waals surface area contributed by atoms with Crippen molar-refractivity contribution in [3.05, 3.63) is 41.2 Å². The number of nitrogen functional groups attached to an aromatic ring is 1. The van der Waals surface area contributed by atoms with Crippen LogP contribution >= 0.6 is 11.5 Å². The average molecular weight is 262 g/mol. The summed E-state index contributed by atoms with van der Waals surface area (Å²) in [5.41, 5.74) is 6.80. The van der Waals surface area contributed by atoms with E-state index in [1.165, 1.54) is 23.7 Å². The molecule has 0 atom stereocenters. The number of nitrogens with two attached hydrogens (primary N) is 1. The van der Waals surface area contributed by atoms with E-state index in [0.29, 0.717) is 17.1 Å². The van der Waals surface area contributed by atoms with E-state index in [-0.39, 0.29) is 11.6 Å². The smallest absolute Gasteiger partial charge is 0.157 e. The van der Waals surface area contributed by atoms with Crippen LogP contribution in [0.2, 0.25) is 0 Å². The molecule has 92 valence electrons. The molecule has 2 aromatic rings. The van der Waals surface area contributed by atoms with Gasteiger partial charge in [0.1, 0.15) is 22.5 Å². The molecule has 0 aliphatic rings. The van der Waals surface area contributed by atoms with Crippen molar-refractivity contribution in [3.63, 3.8) is 0 Å². The molecule has 0 aliphatic heterocycles. The van der Waals surface area contributed by atoms with Gasteiger partial charge in [0.15, 0.2) is 5.82 Å². The molecule has 4 nitrogen and oxygen atoms in total. The molecule has 1 aromatic heterocycles. The third-order valence-corrected chi connectivity index (χ3v) is 3.44. The summed E-state index contributed by atoms with van der Waals surface area (Å²) >= 11 is 1.17. The van der Waals surface area contributed by atoms with Gasteiger partial charge >= 0.3 is 0 Å². The first-order valence-corrected chi connectivity index (χ1v) is 6.00. The van der Waals surface area contributed by atoms with E-state index < -0.39 is 0 Å². The van der Waals surface area contributed by atoms with E-state index in [1.54, 1.807) is 6.07 Å². The monoisotopic (exact) mass is 262 g/mol. The van der Waals surface area contributed by atoms with Crippen LogP contribution in [0.5, 0.6) is 0 Å². The van der Waals surface area contributed by atoms with E-state index in [2.05, 4.69) is 4.37 Å². The first-order valence-electron chi connectivity index (χ1n) is 5.22. The van der Waals surface area contributed by atoms with E-state index in [1.807, 2.05) is 24.1 Å². The Kier molecular flexibility index (Phi) is 3.44. The zero-order valence-electron chi connectivity index (χ0n) is 9.72. The Morgan fingerprint density at radius 3 is 3.00 bits per heavy atom. The normalized spacial score (nSPS) is 10.1. The van der Waals surface area contributed by atoms with Crippen molar-refractivity contribution < 1.29 is 4.39 Å². The van der Waals surface area contributed by atoms with E-state index in [4.69, 9.17) is 11.0 Å². The van der Waals surface area contributed by atoms with Gasteiger partial charge in [-0.1, -0.05) is 12.1 Å².